The molecule has 3 nitrogen and oxygen atoms in total. The number of hydrogen-bond acceptors (Lipinski definition) is 3. The van der Waals surface area contributed by atoms with E-state index in [1.165, 1.54) is 0 Å². The second kappa shape index (κ2) is 2.93. The van der Waals surface area contributed by atoms with Crippen LogP contribution in [0.15, 0.2) is 18.5 Å². The van der Waals surface area contributed by atoms with Gasteiger partial charge in [-0.15, -0.1) is 0 Å². The number of pyridine rings is 1. The summed E-state index contributed by atoms with van der Waals surface area (Å²) in [6.45, 7) is 0.878. The lowest BCUT2D eigenvalue weighted by Gasteiger charge is -2.03. The van der Waals surface area contributed by atoms with E-state index >= 15 is 0 Å². The van der Waals surface area contributed by atoms with E-state index in [9.17, 15) is 4.79 Å². The molecule has 0 spiro atoms. The van der Waals surface area contributed by atoms with Crippen molar-refractivity contribution in [3.05, 3.63) is 24.0 Å². The van der Waals surface area contributed by atoms with Crippen molar-refractivity contribution in [2.24, 2.45) is 0 Å². The van der Waals surface area contributed by atoms with Crippen molar-refractivity contribution < 1.29 is 4.79 Å². The Morgan fingerprint density at radius 1 is 1.50 bits per heavy atom. The Bertz CT molecular complexity index is 309. The van der Waals surface area contributed by atoms with Crippen LogP contribution in [0.2, 0.25) is 0 Å². The Morgan fingerprint density at radius 2 is 2.42 bits per heavy atom. The van der Waals surface area contributed by atoms with Gasteiger partial charge in [0.1, 0.15) is 0 Å². The van der Waals surface area contributed by atoms with E-state index in [0.29, 0.717) is 6.42 Å². The molecule has 2 rings (SSSR count). The molecule has 1 aromatic heterocycles. The maximum absolute atomic E-state index is 11.4. The molecule has 0 saturated carbocycles. The summed E-state index contributed by atoms with van der Waals surface area (Å²) in [4.78, 5) is 15.4. The second-order valence-electron chi connectivity index (χ2n) is 2.87. The van der Waals surface area contributed by atoms with Gasteiger partial charge in [-0.25, -0.2) is 0 Å². The molecule has 0 aliphatic carbocycles. The molecule has 0 aromatic carbocycles. The first-order valence-corrected chi connectivity index (χ1v) is 4.09. The molecule has 1 aromatic rings. The Morgan fingerprint density at radius 3 is 3.33 bits per heavy atom. The van der Waals surface area contributed by atoms with Crippen molar-refractivity contribution in [2.45, 2.75) is 12.8 Å². The fourth-order valence-electron chi connectivity index (χ4n) is 1.38. The van der Waals surface area contributed by atoms with Gasteiger partial charge in [0.2, 0.25) is 0 Å². The van der Waals surface area contributed by atoms with E-state index in [4.69, 9.17) is 0 Å². The monoisotopic (exact) mass is 162 g/mol. The molecule has 0 bridgehead atoms. The summed E-state index contributed by atoms with van der Waals surface area (Å²) in [7, 11) is 0. The van der Waals surface area contributed by atoms with Crippen LogP contribution in [0.4, 0.5) is 5.69 Å². The number of Topliss-reactive ketones (excluding diaryl/α,β-unsaturated/α-hetero) is 1. The number of ketones is 1. The molecule has 0 fully saturated rings. The lowest BCUT2D eigenvalue weighted by atomic mass is 10.1. The quantitative estimate of drug-likeness (QED) is 0.628. The summed E-state index contributed by atoms with van der Waals surface area (Å²) in [6, 6.07) is 1.85. The number of anilines is 1. The molecule has 1 N–H and O–H groups in total. The number of aromatic nitrogens is 1. The van der Waals surface area contributed by atoms with Crippen LogP contribution >= 0.6 is 0 Å². The zero-order chi connectivity index (χ0) is 8.39. The molecule has 0 saturated heterocycles. The second-order valence-corrected chi connectivity index (χ2v) is 2.87. The highest BCUT2D eigenvalue weighted by molar-refractivity contribution is 6.01. The van der Waals surface area contributed by atoms with E-state index in [1.54, 1.807) is 12.4 Å². The van der Waals surface area contributed by atoms with Crippen molar-refractivity contribution >= 4 is 11.5 Å². The topological polar surface area (TPSA) is 42.0 Å². The Labute approximate surface area is 70.8 Å². The normalized spacial score (nSPS) is 16.2. The van der Waals surface area contributed by atoms with Gasteiger partial charge in [-0.2, -0.15) is 0 Å². The van der Waals surface area contributed by atoms with E-state index in [-0.39, 0.29) is 5.78 Å². The SMILES string of the molecule is O=C1CCCNc2ccncc21. The van der Waals surface area contributed by atoms with Crippen LogP contribution in [0.1, 0.15) is 23.2 Å². The van der Waals surface area contributed by atoms with Gasteiger partial charge in [0, 0.05) is 31.0 Å². The fourth-order valence-corrected chi connectivity index (χ4v) is 1.38. The van der Waals surface area contributed by atoms with Crippen LogP contribution in [0.5, 0.6) is 0 Å². The Hall–Kier alpha value is -1.38. The van der Waals surface area contributed by atoms with Crippen molar-refractivity contribution in [3.8, 4) is 0 Å². The largest absolute Gasteiger partial charge is 0.384 e. The molecule has 0 radical (unpaired) electrons. The molecule has 2 heterocycles. The van der Waals surface area contributed by atoms with Gasteiger partial charge in [0.15, 0.2) is 5.78 Å². The molecule has 3 heteroatoms. The third-order valence-corrected chi connectivity index (χ3v) is 2.02. The number of carbonyl (C=O) groups excluding carboxylic acids is 1. The molecule has 0 unspecified atom stereocenters. The number of rotatable bonds is 0. The first-order valence-electron chi connectivity index (χ1n) is 4.09. The average Bonchev–Trinajstić information content (AvgIpc) is 2.29. The van der Waals surface area contributed by atoms with Gasteiger partial charge >= 0.3 is 0 Å². The number of hydrogen-bond donors (Lipinski definition) is 1. The Kier molecular flexibility index (Phi) is 1.78. The molecule has 12 heavy (non-hydrogen) atoms. The zero-order valence-electron chi connectivity index (χ0n) is 6.71. The molecular weight excluding hydrogens is 152 g/mol. The molecule has 62 valence electrons. The summed E-state index contributed by atoms with van der Waals surface area (Å²) >= 11 is 0. The summed E-state index contributed by atoms with van der Waals surface area (Å²) in [5.74, 6) is 0.197. The van der Waals surface area contributed by atoms with E-state index in [1.807, 2.05) is 6.07 Å². The van der Waals surface area contributed by atoms with Crippen LogP contribution in [0.3, 0.4) is 0 Å². The van der Waals surface area contributed by atoms with Crippen LogP contribution in [-0.4, -0.2) is 17.3 Å². The number of nitrogens with zero attached hydrogens (tertiary/aromatic N) is 1. The smallest absolute Gasteiger partial charge is 0.166 e. The molecule has 0 amide bonds. The third-order valence-electron chi connectivity index (χ3n) is 2.02. The summed E-state index contributed by atoms with van der Waals surface area (Å²) < 4.78 is 0. The van der Waals surface area contributed by atoms with Crippen molar-refractivity contribution in [3.63, 3.8) is 0 Å². The lowest BCUT2D eigenvalue weighted by Crippen LogP contribution is -2.00. The first kappa shape index (κ1) is 7.28. The minimum absolute atomic E-state index is 0.197. The maximum Gasteiger partial charge on any atom is 0.166 e. The van der Waals surface area contributed by atoms with Crippen LogP contribution in [-0.2, 0) is 0 Å². The maximum atomic E-state index is 11.4. The van der Waals surface area contributed by atoms with Gasteiger partial charge in [0.05, 0.1) is 5.56 Å². The minimum atomic E-state index is 0.197. The standard InChI is InChI=1S/C9H10N2O/c12-9-2-1-4-11-8-3-5-10-6-7(8)9/h3,5-6,11H,1-2,4H2. The highest BCUT2D eigenvalue weighted by Gasteiger charge is 2.13. The highest BCUT2D eigenvalue weighted by atomic mass is 16.1. The van der Waals surface area contributed by atoms with Crippen molar-refractivity contribution in [1.82, 2.24) is 4.98 Å². The van der Waals surface area contributed by atoms with Crippen LogP contribution in [0.25, 0.3) is 0 Å². The van der Waals surface area contributed by atoms with E-state index in [0.717, 1.165) is 24.2 Å². The molecule has 0 atom stereocenters. The van der Waals surface area contributed by atoms with Gasteiger partial charge in [-0.3, -0.25) is 9.78 Å². The predicted molar refractivity (Wildman–Crippen MR) is 46.3 cm³/mol. The van der Waals surface area contributed by atoms with Gasteiger partial charge in [-0.05, 0) is 12.5 Å². The molecular formula is C9H10N2O. The molecule has 1 aliphatic rings. The third kappa shape index (κ3) is 1.18. The summed E-state index contributed by atoms with van der Waals surface area (Å²) in [5, 5.41) is 3.19. The lowest BCUT2D eigenvalue weighted by molar-refractivity contribution is 0.0983. The van der Waals surface area contributed by atoms with Crippen LogP contribution in [0, 0.1) is 0 Å². The molecule has 1 aliphatic heterocycles. The van der Waals surface area contributed by atoms with Gasteiger partial charge in [-0.1, -0.05) is 0 Å². The van der Waals surface area contributed by atoms with Gasteiger partial charge in [0.25, 0.3) is 0 Å². The minimum Gasteiger partial charge on any atom is -0.384 e. The summed E-state index contributed by atoms with van der Waals surface area (Å²) in [5.41, 5.74) is 1.66. The summed E-state index contributed by atoms with van der Waals surface area (Å²) in [6.07, 6.45) is 4.87. The average molecular weight is 162 g/mol. The van der Waals surface area contributed by atoms with Gasteiger partial charge < -0.3 is 5.32 Å². The number of fused-ring (bicyclic) bond motifs is 1. The highest BCUT2D eigenvalue weighted by Crippen LogP contribution is 2.19. The number of nitrogens with one attached hydrogen (secondary N) is 1. The van der Waals surface area contributed by atoms with Crippen LogP contribution < -0.4 is 5.32 Å². The fraction of sp³-hybridized carbons (Fsp3) is 0.333. The zero-order valence-corrected chi connectivity index (χ0v) is 6.71. The van der Waals surface area contributed by atoms with Crippen molar-refractivity contribution in [2.75, 3.05) is 11.9 Å². The predicted octanol–water partition coefficient (Wildman–Crippen LogP) is 1.47. The number of carbonyl (C=O) groups is 1. The van der Waals surface area contributed by atoms with E-state index in [2.05, 4.69) is 10.3 Å². The van der Waals surface area contributed by atoms with E-state index < -0.39 is 0 Å². The Balaban J connectivity index is 2.46. The first-order chi connectivity index (χ1) is 5.88. The van der Waals surface area contributed by atoms with Crippen molar-refractivity contribution in [1.29, 1.82) is 0 Å².